The summed E-state index contributed by atoms with van der Waals surface area (Å²) in [7, 11) is 1.31. The highest BCUT2D eigenvalue weighted by Crippen LogP contribution is 2.22. The number of benzene rings is 2. The molecule has 29 heavy (non-hydrogen) atoms. The normalized spacial score (nSPS) is 10.5. The zero-order chi connectivity index (χ0) is 21.0. The Morgan fingerprint density at radius 2 is 1.76 bits per heavy atom. The van der Waals surface area contributed by atoms with Crippen LogP contribution in [0.2, 0.25) is 0 Å². The number of carbonyl (C=O) groups excluding carboxylic acids is 2. The molecule has 0 saturated carbocycles. The van der Waals surface area contributed by atoms with Crippen LogP contribution >= 0.6 is 0 Å². The minimum Gasteiger partial charge on any atom is -0.465 e. The molecule has 0 aliphatic rings. The summed E-state index contributed by atoms with van der Waals surface area (Å²) in [5.74, 6) is -0.498. The van der Waals surface area contributed by atoms with E-state index in [1.54, 1.807) is 24.3 Å². The van der Waals surface area contributed by atoms with Gasteiger partial charge in [0.25, 0.3) is 0 Å². The number of amides is 2. The lowest BCUT2D eigenvalue weighted by Gasteiger charge is -2.12. The summed E-state index contributed by atoms with van der Waals surface area (Å²) < 4.78 is 6.93. The summed E-state index contributed by atoms with van der Waals surface area (Å²) >= 11 is 0. The summed E-state index contributed by atoms with van der Waals surface area (Å²) in [4.78, 5) is 24.2. The number of nitrogens with one attached hydrogen (secondary N) is 2. The van der Waals surface area contributed by atoms with Gasteiger partial charge in [0.2, 0.25) is 0 Å². The predicted octanol–water partition coefficient (Wildman–Crippen LogP) is 4.51. The van der Waals surface area contributed by atoms with Gasteiger partial charge in [0.1, 0.15) is 0 Å². The van der Waals surface area contributed by atoms with Crippen LogP contribution in [-0.4, -0.2) is 23.7 Å². The van der Waals surface area contributed by atoms with E-state index in [4.69, 9.17) is 4.74 Å². The Labute approximate surface area is 170 Å². The van der Waals surface area contributed by atoms with Gasteiger partial charge in [-0.05, 0) is 62.2 Å². The van der Waals surface area contributed by atoms with Crippen molar-refractivity contribution in [2.75, 3.05) is 12.4 Å². The van der Waals surface area contributed by atoms with Gasteiger partial charge in [-0.1, -0.05) is 24.3 Å². The molecule has 6 heteroatoms. The van der Waals surface area contributed by atoms with E-state index < -0.39 is 5.97 Å². The molecular weight excluding hydrogens is 366 g/mol. The Morgan fingerprint density at radius 3 is 2.48 bits per heavy atom. The molecule has 0 saturated heterocycles. The van der Waals surface area contributed by atoms with Crippen molar-refractivity contribution in [2.45, 2.75) is 27.3 Å². The van der Waals surface area contributed by atoms with Crippen molar-refractivity contribution >= 4 is 17.7 Å². The first-order chi connectivity index (χ1) is 13.9. The summed E-state index contributed by atoms with van der Waals surface area (Å²) in [5.41, 5.74) is 6.20. The Kier molecular flexibility index (Phi) is 6.02. The summed E-state index contributed by atoms with van der Waals surface area (Å²) in [6.45, 7) is 6.52. The molecule has 2 amide bonds. The number of para-hydroxylation sites is 1. The fourth-order valence-electron chi connectivity index (χ4n) is 3.39. The summed E-state index contributed by atoms with van der Waals surface area (Å²) in [5, 5.41) is 5.58. The Hall–Kier alpha value is -3.54. The summed E-state index contributed by atoms with van der Waals surface area (Å²) in [6, 6.07) is 16.7. The highest BCUT2D eigenvalue weighted by atomic mass is 16.5. The van der Waals surface area contributed by atoms with Gasteiger partial charge in [0.15, 0.2) is 0 Å². The monoisotopic (exact) mass is 391 g/mol. The average molecular weight is 391 g/mol. The number of anilines is 1. The average Bonchev–Trinajstić information content (AvgIpc) is 2.99. The number of urea groups is 1. The largest absolute Gasteiger partial charge is 0.465 e. The molecule has 0 aliphatic carbocycles. The Bertz CT molecular complexity index is 1050. The van der Waals surface area contributed by atoms with E-state index in [1.807, 2.05) is 19.9 Å². The van der Waals surface area contributed by atoms with Crippen LogP contribution in [0, 0.1) is 20.8 Å². The fourth-order valence-corrected chi connectivity index (χ4v) is 3.39. The Balaban J connectivity index is 1.72. The lowest BCUT2D eigenvalue weighted by molar-refractivity contribution is 0.0602. The van der Waals surface area contributed by atoms with Crippen LogP contribution in [0.15, 0.2) is 54.6 Å². The van der Waals surface area contributed by atoms with Gasteiger partial charge >= 0.3 is 12.0 Å². The molecule has 0 aliphatic heterocycles. The third-order valence-corrected chi connectivity index (χ3v) is 4.82. The first-order valence-electron chi connectivity index (χ1n) is 9.37. The molecule has 2 N–H and O–H groups in total. The van der Waals surface area contributed by atoms with E-state index in [9.17, 15) is 9.59 Å². The van der Waals surface area contributed by atoms with Crippen LogP contribution < -0.4 is 10.6 Å². The van der Waals surface area contributed by atoms with E-state index in [2.05, 4.69) is 46.4 Å². The van der Waals surface area contributed by atoms with Crippen LogP contribution in [-0.2, 0) is 11.3 Å². The highest BCUT2D eigenvalue weighted by molar-refractivity contribution is 6.00. The number of methoxy groups -OCH3 is 1. The van der Waals surface area contributed by atoms with Gasteiger partial charge < -0.3 is 19.9 Å². The number of nitrogens with zero attached hydrogens (tertiary/aromatic N) is 1. The van der Waals surface area contributed by atoms with Gasteiger partial charge in [-0.3, -0.25) is 0 Å². The standard InChI is InChI=1S/C23H25N3O3/c1-15-8-7-9-19(12-15)26-16(2)13-18(17(26)3)14-24-23(28)25-21-11-6-5-10-20(21)22(27)29-4/h5-13H,14H2,1-4H3,(H2,24,25,28). The molecule has 150 valence electrons. The van der Waals surface area contributed by atoms with Gasteiger partial charge in [0, 0.05) is 23.6 Å². The first kappa shape index (κ1) is 20.2. The van der Waals surface area contributed by atoms with Crippen molar-refractivity contribution in [1.29, 1.82) is 0 Å². The molecule has 0 fully saturated rings. The highest BCUT2D eigenvalue weighted by Gasteiger charge is 2.15. The van der Waals surface area contributed by atoms with Crippen molar-refractivity contribution in [3.63, 3.8) is 0 Å². The second-order valence-corrected chi connectivity index (χ2v) is 6.92. The molecule has 1 aromatic heterocycles. The van der Waals surface area contributed by atoms with E-state index in [-0.39, 0.29) is 6.03 Å². The van der Waals surface area contributed by atoms with Crippen LogP contribution in [0.25, 0.3) is 5.69 Å². The Morgan fingerprint density at radius 1 is 1.00 bits per heavy atom. The molecule has 3 aromatic rings. The van der Waals surface area contributed by atoms with Crippen LogP contribution in [0.4, 0.5) is 10.5 Å². The van der Waals surface area contributed by atoms with Crippen LogP contribution in [0.5, 0.6) is 0 Å². The van der Waals surface area contributed by atoms with Gasteiger partial charge in [-0.25, -0.2) is 9.59 Å². The minimum atomic E-state index is -0.498. The molecule has 6 nitrogen and oxygen atoms in total. The molecule has 0 atom stereocenters. The van der Waals surface area contributed by atoms with Crippen molar-refractivity contribution in [1.82, 2.24) is 9.88 Å². The number of hydrogen-bond acceptors (Lipinski definition) is 3. The fraction of sp³-hybridized carbons (Fsp3) is 0.217. The molecule has 0 spiro atoms. The molecule has 1 heterocycles. The third kappa shape index (κ3) is 4.48. The van der Waals surface area contributed by atoms with Gasteiger partial charge in [-0.2, -0.15) is 0 Å². The van der Waals surface area contributed by atoms with Crippen LogP contribution in [0.3, 0.4) is 0 Å². The van der Waals surface area contributed by atoms with Crippen LogP contribution in [0.1, 0.15) is 32.9 Å². The lowest BCUT2D eigenvalue weighted by Crippen LogP contribution is -2.29. The van der Waals surface area contributed by atoms with Gasteiger partial charge in [0.05, 0.1) is 18.4 Å². The van der Waals surface area contributed by atoms with E-state index in [0.717, 1.165) is 22.6 Å². The van der Waals surface area contributed by atoms with Crippen molar-refractivity contribution in [3.8, 4) is 5.69 Å². The maximum atomic E-state index is 12.4. The zero-order valence-electron chi connectivity index (χ0n) is 17.1. The third-order valence-electron chi connectivity index (χ3n) is 4.82. The molecular formula is C23H25N3O3. The molecule has 2 aromatic carbocycles. The lowest BCUT2D eigenvalue weighted by atomic mass is 10.2. The van der Waals surface area contributed by atoms with Crippen molar-refractivity contribution < 1.29 is 14.3 Å². The number of carbonyl (C=O) groups is 2. The topological polar surface area (TPSA) is 72.4 Å². The number of aryl methyl sites for hydroxylation is 2. The predicted molar refractivity (Wildman–Crippen MR) is 114 cm³/mol. The maximum absolute atomic E-state index is 12.4. The van der Waals surface area contributed by atoms with Gasteiger partial charge in [-0.15, -0.1) is 0 Å². The molecule has 0 unspecified atom stereocenters. The number of hydrogen-bond donors (Lipinski definition) is 2. The number of aromatic nitrogens is 1. The van der Waals surface area contributed by atoms with E-state index >= 15 is 0 Å². The van der Waals surface area contributed by atoms with Crippen molar-refractivity contribution in [2.24, 2.45) is 0 Å². The minimum absolute atomic E-state index is 0.308. The number of esters is 1. The quantitative estimate of drug-likeness (QED) is 0.629. The maximum Gasteiger partial charge on any atom is 0.339 e. The second kappa shape index (κ2) is 8.65. The van der Waals surface area contributed by atoms with E-state index in [0.29, 0.717) is 17.8 Å². The molecule has 0 bridgehead atoms. The molecule has 0 radical (unpaired) electrons. The molecule has 3 rings (SSSR count). The van der Waals surface area contributed by atoms with E-state index in [1.165, 1.54) is 12.7 Å². The zero-order valence-corrected chi connectivity index (χ0v) is 17.1. The number of ether oxygens (including phenoxy) is 1. The smallest absolute Gasteiger partial charge is 0.339 e. The second-order valence-electron chi connectivity index (χ2n) is 6.92. The van der Waals surface area contributed by atoms with Crippen molar-refractivity contribution in [3.05, 3.63) is 82.7 Å². The SMILES string of the molecule is COC(=O)c1ccccc1NC(=O)NCc1cc(C)n(-c2cccc(C)c2)c1C. The first-order valence-corrected chi connectivity index (χ1v) is 9.37. The number of rotatable bonds is 5. The summed E-state index contributed by atoms with van der Waals surface area (Å²) in [6.07, 6.45) is 0.